The van der Waals surface area contributed by atoms with E-state index in [0.717, 1.165) is 77.9 Å². The van der Waals surface area contributed by atoms with Gasteiger partial charge in [0.05, 0.1) is 30.9 Å². The Bertz CT molecular complexity index is 2660. The maximum Gasteiger partial charge on any atom is 0.258 e. The van der Waals surface area contributed by atoms with Crippen molar-refractivity contribution < 1.29 is 28.1 Å². The van der Waals surface area contributed by atoms with Crippen LogP contribution in [0.3, 0.4) is 0 Å². The first-order valence-electron chi connectivity index (χ1n) is 21.9. The summed E-state index contributed by atoms with van der Waals surface area (Å²) in [5.74, 6) is 3.30. The van der Waals surface area contributed by atoms with Crippen molar-refractivity contribution in [2.75, 3.05) is 32.8 Å². The van der Waals surface area contributed by atoms with Crippen LogP contribution in [0.5, 0.6) is 11.5 Å². The number of nitriles is 1. The van der Waals surface area contributed by atoms with Gasteiger partial charge in [0.25, 0.3) is 11.8 Å². The molecule has 2 aliphatic carbocycles. The number of ether oxygens (including phenoxy) is 3. The van der Waals surface area contributed by atoms with E-state index in [1.54, 1.807) is 12.1 Å². The molecule has 0 saturated carbocycles. The Balaban J connectivity index is 0.770. The highest BCUT2D eigenvalue weighted by molar-refractivity contribution is 5.80. The van der Waals surface area contributed by atoms with Gasteiger partial charge in [0.2, 0.25) is 17.6 Å². The van der Waals surface area contributed by atoms with Crippen molar-refractivity contribution in [1.29, 1.82) is 5.26 Å². The van der Waals surface area contributed by atoms with Gasteiger partial charge in [-0.05, 0) is 125 Å². The number of aromatic nitrogens is 4. The van der Waals surface area contributed by atoms with Gasteiger partial charge < -0.3 is 38.8 Å². The molecular weight excluding hydrogens is 797 g/mol. The molecule has 3 heterocycles. The van der Waals surface area contributed by atoms with Crippen LogP contribution in [0.2, 0.25) is 0 Å². The normalized spacial score (nSPS) is 17.3. The molecule has 14 nitrogen and oxygen atoms in total. The molecule has 2 aromatic heterocycles. The number of hydrogen-bond acceptors (Lipinski definition) is 13. The molecule has 324 valence electrons. The second-order valence-electron chi connectivity index (χ2n) is 17.0. The van der Waals surface area contributed by atoms with Crippen LogP contribution in [0.1, 0.15) is 86.0 Å². The van der Waals surface area contributed by atoms with Crippen molar-refractivity contribution >= 4 is 5.91 Å². The van der Waals surface area contributed by atoms with Gasteiger partial charge in [-0.15, -0.1) is 0 Å². The number of fused-ring (bicyclic) bond motifs is 2. The van der Waals surface area contributed by atoms with Crippen LogP contribution < -0.4 is 20.1 Å². The van der Waals surface area contributed by atoms with Gasteiger partial charge in [0.15, 0.2) is 0 Å². The van der Waals surface area contributed by atoms with Crippen molar-refractivity contribution in [3.05, 3.63) is 106 Å². The third-order valence-corrected chi connectivity index (χ3v) is 11.9. The number of nitrogens with one attached hydrogen (secondary N) is 2. The zero-order valence-corrected chi connectivity index (χ0v) is 36.3. The van der Waals surface area contributed by atoms with E-state index in [0.29, 0.717) is 60.0 Å². The summed E-state index contributed by atoms with van der Waals surface area (Å²) in [5.41, 5.74) is 9.53. The predicted molar refractivity (Wildman–Crippen MR) is 236 cm³/mol. The Morgan fingerprint density at radius 3 is 1.98 bits per heavy atom. The zero-order valence-electron chi connectivity index (χ0n) is 36.3. The van der Waals surface area contributed by atoms with Gasteiger partial charge in [-0.3, -0.25) is 4.79 Å². The number of hydrogen-bond donors (Lipinski definition) is 2. The second-order valence-corrected chi connectivity index (χ2v) is 17.0. The fourth-order valence-corrected chi connectivity index (χ4v) is 8.61. The Morgan fingerprint density at radius 1 is 0.794 bits per heavy atom. The molecule has 1 amide bonds. The SMILES string of the molecule is Cc1cc(-c2nc(-c3cccc4c3CCC4NCC(C)OCC(C)Oc3ccc(-c4nc(-c5cccc6c5CCC6NCC(=O)N5CC5)no4)cc3C#N)no2)ccc1OC(C)C. The quantitative estimate of drug-likeness (QED) is 0.0848. The van der Waals surface area contributed by atoms with E-state index in [9.17, 15) is 10.1 Å². The van der Waals surface area contributed by atoms with E-state index >= 15 is 0 Å². The summed E-state index contributed by atoms with van der Waals surface area (Å²) in [6, 6.07) is 26.1. The minimum absolute atomic E-state index is 0.0870. The highest BCUT2D eigenvalue weighted by Gasteiger charge is 2.30. The Kier molecular flexibility index (Phi) is 12.1. The molecular formula is C49H52N8O6. The van der Waals surface area contributed by atoms with Gasteiger partial charge >= 0.3 is 0 Å². The van der Waals surface area contributed by atoms with Crippen LogP contribution in [0.4, 0.5) is 0 Å². The number of aryl methyl sites for hydroxylation is 1. The smallest absolute Gasteiger partial charge is 0.258 e. The van der Waals surface area contributed by atoms with Crippen LogP contribution in [0.25, 0.3) is 45.7 Å². The molecule has 14 heteroatoms. The zero-order chi connectivity index (χ0) is 43.6. The number of amides is 1. The Labute approximate surface area is 366 Å². The van der Waals surface area contributed by atoms with Gasteiger partial charge in [0.1, 0.15) is 23.7 Å². The fraction of sp³-hybridized carbons (Fsp3) is 0.388. The number of carbonyl (C=O) groups is 1. The van der Waals surface area contributed by atoms with Crippen LogP contribution in [-0.2, 0) is 22.4 Å². The highest BCUT2D eigenvalue weighted by atomic mass is 16.5. The summed E-state index contributed by atoms with van der Waals surface area (Å²) in [5, 5.41) is 25.9. The third kappa shape index (κ3) is 9.22. The van der Waals surface area contributed by atoms with Crippen molar-refractivity contribution in [2.45, 2.75) is 90.7 Å². The monoisotopic (exact) mass is 848 g/mol. The molecule has 0 radical (unpaired) electrons. The lowest BCUT2D eigenvalue weighted by Gasteiger charge is -2.21. The summed E-state index contributed by atoms with van der Waals surface area (Å²) >= 11 is 0. The molecule has 9 rings (SSSR count). The van der Waals surface area contributed by atoms with E-state index in [2.05, 4.69) is 51.3 Å². The molecule has 63 heavy (non-hydrogen) atoms. The first kappa shape index (κ1) is 41.9. The maximum absolute atomic E-state index is 12.2. The minimum Gasteiger partial charge on any atom is -0.491 e. The van der Waals surface area contributed by atoms with E-state index in [1.807, 2.05) is 75.9 Å². The average molecular weight is 849 g/mol. The molecule has 1 saturated heterocycles. The lowest BCUT2D eigenvalue weighted by molar-refractivity contribution is -0.124. The van der Waals surface area contributed by atoms with E-state index in [1.165, 1.54) is 11.1 Å². The molecule has 1 fully saturated rings. The van der Waals surface area contributed by atoms with E-state index in [-0.39, 0.29) is 36.3 Å². The highest BCUT2D eigenvalue weighted by Crippen LogP contribution is 2.39. The number of benzene rings is 4. The van der Waals surface area contributed by atoms with Crippen molar-refractivity contribution in [3.63, 3.8) is 0 Å². The van der Waals surface area contributed by atoms with E-state index in [4.69, 9.17) is 33.2 Å². The maximum atomic E-state index is 12.2. The minimum atomic E-state index is -0.312. The fourth-order valence-electron chi connectivity index (χ4n) is 8.61. The number of nitrogens with zero attached hydrogens (tertiary/aromatic N) is 6. The number of rotatable bonds is 17. The topological polar surface area (TPSA) is 173 Å². The van der Waals surface area contributed by atoms with Crippen LogP contribution >= 0.6 is 0 Å². The van der Waals surface area contributed by atoms with Gasteiger partial charge in [-0.25, -0.2) is 0 Å². The average Bonchev–Trinajstić information content (AvgIpc) is 3.63. The molecule has 0 bridgehead atoms. The standard InChI is InChI=1S/C49H52N8O6/c1-28(2)60-43-18-12-32(22-29(43)3)48-53-46(55-62-48)39-10-6-8-37-35(39)14-16-41(37)51-25-30(4)59-27-31(5)61-44-19-13-33(23-34(44)24-50)49-54-47(56-63-49)40-11-7-9-38-36(40)15-17-42(38)52-26-45(58)57-20-21-57/h6-13,18-19,22-23,28,30-31,41-42,51-52H,14-17,20-21,25-27H2,1-5H3. The number of carbonyl (C=O) groups excluding carboxylic acids is 1. The molecule has 4 atom stereocenters. The molecule has 6 aromatic rings. The summed E-state index contributed by atoms with van der Waals surface area (Å²) < 4.78 is 29.8. The largest absolute Gasteiger partial charge is 0.491 e. The van der Waals surface area contributed by atoms with Gasteiger partial charge in [0, 0.05) is 54.0 Å². The predicted octanol–water partition coefficient (Wildman–Crippen LogP) is 7.96. The Hall–Kier alpha value is -6.40. The summed E-state index contributed by atoms with van der Waals surface area (Å²) in [7, 11) is 0. The van der Waals surface area contributed by atoms with Crippen LogP contribution in [0, 0.1) is 18.3 Å². The molecule has 2 N–H and O–H groups in total. The summed E-state index contributed by atoms with van der Waals surface area (Å²) in [4.78, 5) is 23.6. The molecule has 0 spiro atoms. The lowest BCUT2D eigenvalue weighted by Crippen LogP contribution is -2.32. The summed E-state index contributed by atoms with van der Waals surface area (Å²) in [6.45, 7) is 13.0. The van der Waals surface area contributed by atoms with Crippen molar-refractivity contribution in [3.8, 4) is 63.3 Å². The molecule has 1 aliphatic heterocycles. The van der Waals surface area contributed by atoms with Gasteiger partial charge in [-0.2, -0.15) is 15.2 Å². The molecule has 4 aromatic carbocycles. The first-order valence-corrected chi connectivity index (χ1v) is 21.9. The lowest BCUT2D eigenvalue weighted by atomic mass is 10.0. The van der Waals surface area contributed by atoms with Gasteiger partial charge in [-0.1, -0.05) is 46.7 Å². The van der Waals surface area contributed by atoms with Crippen molar-refractivity contribution in [2.24, 2.45) is 0 Å². The first-order chi connectivity index (χ1) is 30.6. The third-order valence-electron chi connectivity index (χ3n) is 11.9. The van der Waals surface area contributed by atoms with Crippen LogP contribution in [0.15, 0.2) is 81.8 Å². The Morgan fingerprint density at radius 2 is 1.40 bits per heavy atom. The molecule has 3 aliphatic rings. The van der Waals surface area contributed by atoms with Crippen LogP contribution in [-0.4, -0.2) is 82.2 Å². The van der Waals surface area contributed by atoms with Crippen molar-refractivity contribution in [1.82, 2.24) is 35.8 Å². The second kappa shape index (κ2) is 18.1. The van der Waals surface area contributed by atoms with E-state index < -0.39 is 0 Å². The molecule has 4 unspecified atom stereocenters. The summed E-state index contributed by atoms with van der Waals surface area (Å²) in [6.07, 6.45) is 3.29.